The summed E-state index contributed by atoms with van der Waals surface area (Å²) in [6, 6.07) is 15.6. The topological polar surface area (TPSA) is 93.2 Å². The normalized spacial score (nSPS) is 19.2. The lowest BCUT2D eigenvalue weighted by atomic mass is 9.95. The van der Waals surface area contributed by atoms with Crippen LogP contribution in [0.4, 0.5) is 0 Å². The van der Waals surface area contributed by atoms with Crippen molar-refractivity contribution < 1.29 is 28.7 Å². The summed E-state index contributed by atoms with van der Waals surface area (Å²) in [5.74, 6) is -1.86. The summed E-state index contributed by atoms with van der Waals surface area (Å²) in [6.45, 7) is 6.95. The fourth-order valence-electron chi connectivity index (χ4n) is 5.01. The number of amides is 2. The summed E-state index contributed by atoms with van der Waals surface area (Å²) in [4.78, 5) is 56.3. The highest BCUT2D eigenvalue weighted by atomic mass is 16.5. The number of benzene rings is 2. The van der Waals surface area contributed by atoms with E-state index in [1.807, 2.05) is 60.7 Å². The molecule has 1 saturated heterocycles. The molecule has 0 bridgehead atoms. The molecule has 0 radical (unpaired) electrons. The number of hydrogen-bond acceptors (Lipinski definition) is 6. The standard InChI is InChI=1S/C30H38N2O6/c1-5-37-29(35)25(19-17-23-13-9-7-10-14-23)31-21(3)28(34)32(22(4)27(31)33)26(30(36)38-6-2)20-18-24-15-11-8-12-16-24/h7-16,21-22,25-26H,5-6,17-20H2,1-4H3. The van der Waals surface area contributed by atoms with Gasteiger partial charge in [0.2, 0.25) is 11.8 Å². The lowest BCUT2D eigenvalue weighted by molar-refractivity contribution is -0.176. The number of nitrogens with zero attached hydrogens (tertiary/aromatic N) is 2. The molecule has 204 valence electrons. The Kier molecular flexibility index (Phi) is 10.4. The van der Waals surface area contributed by atoms with Gasteiger partial charge >= 0.3 is 11.9 Å². The van der Waals surface area contributed by atoms with Crippen LogP contribution in [0.5, 0.6) is 0 Å². The minimum absolute atomic E-state index is 0.164. The Balaban J connectivity index is 1.87. The van der Waals surface area contributed by atoms with Gasteiger partial charge in [0.1, 0.15) is 24.2 Å². The van der Waals surface area contributed by atoms with Crippen LogP contribution in [-0.4, -0.2) is 70.9 Å². The lowest BCUT2D eigenvalue weighted by Gasteiger charge is -2.47. The lowest BCUT2D eigenvalue weighted by Crippen LogP contribution is -2.69. The molecule has 8 heteroatoms. The molecule has 1 heterocycles. The van der Waals surface area contributed by atoms with Gasteiger partial charge in [-0.05, 0) is 64.5 Å². The van der Waals surface area contributed by atoms with Crippen molar-refractivity contribution in [2.24, 2.45) is 0 Å². The summed E-state index contributed by atoms with van der Waals surface area (Å²) in [5.41, 5.74) is 2.03. The highest BCUT2D eigenvalue weighted by Crippen LogP contribution is 2.27. The van der Waals surface area contributed by atoms with E-state index in [2.05, 4.69) is 0 Å². The molecule has 2 aromatic carbocycles. The number of piperazine rings is 1. The SMILES string of the molecule is CCOC(=O)C(CCc1ccccc1)N1C(=O)C(C)N(C(CCc2ccccc2)C(=O)OCC)C(=O)C1C. The maximum absolute atomic E-state index is 13.8. The maximum atomic E-state index is 13.8. The van der Waals surface area contributed by atoms with Crippen molar-refractivity contribution in [3.05, 3.63) is 71.8 Å². The molecule has 4 unspecified atom stereocenters. The second kappa shape index (κ2) is 13.7. The van der Waals surface area contributed by atoms with Crippen LogP contribution >= 0.6 is 0 Å². The number of ether oxygens (including phenoxy) is 2. The molecule has 0 spiro atoms. The zero-order valence-electron chi connectivity index (χ0n) is 22.7. The molecule has 3 rings (SSSR count). The van der Waals surface area contributed by atoms with E-state index in [9.17, 15) is 19.2 Å². The van der Waals surface area contributed by atoms with E-state index in [-0.39, 0.29) is 13.2 Å². The van der Waals surface area contributed by atoms with Crippen LogP contribution in [0.3, 0.4) is 0 Å². The fourth-order valence-corrected chi connectivity index (χ4v) is 5.01. The molecule has 2 aromatic rings. The molecule has 0 saturated carbocycles. The summed E-state index contributed by atoms with van der Waals surface area (Å²) >= 11 is 0. The van der Waals surface area contributed by atoms with E-state index >= 15 is 0 Å². The van der Waals surface area contributed by atoms with E-state index in [0.717, 1.165) is 11.1 Å². The Bertz CT molecular complexity index is 1000. The van der Waals surface area contributed by atoms with Crippen molar-refractivity contribution in [2.45, 2.75) is 77.5 Å². The van der Waals surface area contributed by atoms with E-state index in [4.69, 9.17) is 9.47 Å². The average Bonchev–Trinajstić information content (AvgIpc) is 2.92. The quantitative estimate of drug-likeness (QED) is 0.396. The van der Waals surface area contributed by atoms with Gasteiger partial charge in [-0.2, -0.15) is 0 Å². The highest BCUT2D eigenvalue weighted by Gasteiger charge is 2.50. The Morgan fingerprint density at radius 1 is 0.684 bits per heavy atom. The van der Waals surface area contributed by atoms with Gasteiger partial charge in [-0.25, -0.2) is 9.59 Å². The fraction of sp³-hybridized carbons (Fsp3) is 0.467. The molecule has 38 heavy (non-hydrogen) atoms. The number of rotatable bonds is 12. The zero-order chi connectivity index (χ0) is 27.7. The van der Waals surface area contributed by atoms with Crippen molar-refractivity contribution in [3.8, 4) is 0 Å². The van der Waals surface area contributed by atoms with Crippen molar-refractivity contribution in [3.63, 3.8) is 0 Å². The van der Waals surface area contributed by atoms with Crippen molar-refractivity contribution in [2.75, 3.05) is 13.2 Å². The van der Waals surface area contributed by atoms with Crippen LogP contribution < -0.4 is 0 Å². The largest absolute Gasteiger partial charge is 0.464 e. The van der Waals surface area contributed by atoms with Gasteiger partial charge in [-0.3, -0.25) is 9.59 Å². The molecule has 8 nitrogen and oxygen atoms in total. The minimum atomic E-state index is -0.947. The minimum Gasteiger partial charge on any atom is -0.464 e. The van der Waals surface area contributed by atoms with Gasteiger partial charge in [0.15, 0.2) is 0 Å². The third kappa shape index (κ3) is 6.79. The zero-order valence-corrected chi connectivity index (χ0v) is 22.7. The summed E-state index contributed by atoms with van der Waals surface area (Å²) in [6.07, 6.45) is 1.70. The van der Waals surface area contributed by atoms with Crippen molar-refractivity contribution >= 4 is 23.8 Å². The Hall–Kier alpha value is -3.68. The second-order valence-electron chi connectivity index (χ2n) is 9.43. The number of carbonyl (C=O) groups excluding carboxylic acids is 4. The van der Waals surface area contributed by atoms with Gasteiger partial charge in [-0.1, -0.05) is 60.7 Å². The third-order valence-corrected chi connectivity index (χ3v) is 6.95. The molecule has 1 aliphatic heterocycles. The Morgan fingerprint density at radius 3 is 1.34 bits per heavy atom. The van der Waals surface area contributed by atoms with Crippen LogP contribution in [0.15, 0.2) is 60.7 Å². The molecule has 2 amide bonds. The van der Waals surface area contributed by atoms with Crippen molar-refractivity contribution in [1.82, 2.24) is 9.80 Å². The first-order chi connectivity index (χ1) is 18.3. The predicted molar refractivity (Wildman–Crippen MR) is 143 cm³/mol. The molecule has 1 fully saturated rings. The summed E-state index contributed by atoms with van der Waals surface area (Å²) in [7, 11) is 0. The average molecular weight is 523 g/mol. The predicted octanol–water partition coefficient (Wildman–Crippen LogP) is 3.56. The molecular weight excluding hydrogens is 484 g/mol. The Labute approximate surface area is 224 Å². The molecular formula is C30H38N2O6. The van der Waals surface area contributed by atoms with Crippen LogP contribution in [0.25, 0.3) is 0 Å². The van der Waals surface area contributed by atoms with Crippen LogP contribution in [0.1, 0.15) is 51.7 Å². The molecule has 4 atom stereocenters. The monoisotopic (exact) mass is 522 g/mol. The van der Waals surface area contributed by atoms with Gasteiger partial charge in [0.05, 0.1) is 13.2 Å². The number of esters is 2. The van der Waals surface area contributed by atoms with Gasteiger partial charge in [-0.15, -0.1) is 0 Å². The third-order valence-electron chi connectivity index (χ3n) is 6.95. The number of hydrogen-bond donors (Lipinski definition) is 0. The van der Waals surface area contributed by atoms with E-state index in [1.165, 1.54) is 9.80 Å². The first kappa shape index (κ1) is 28.9. The number of carbonyl (C=O) groups is 4. The van der Waals surface area contributed by atoms with E-state index < -0.39 is 47.9 Å². The van der Waals surface area contributed by atoms with Gasteiger partial charge in [0, 0.05) is 0 Å². The number of aryl methyl sites for hydroxylation is 2. The van der Waals surface area contributed by atoms with Gasteiger partial charge < -0.3 is 19.3 Å². The van der Waals surface area contributed by atoms with Crippen LogP contribution in [-0.2, 0) is 41.5 Å². The molecule has 0 aliphatic carbocycles. The second-order valence-corrected chi connectivity index (χ2v) is 9.43. The van der Waals surface area contributed by atoms with Crippen molar-refractivity contribution in [1.29, 1.82) is 0 Å². The summed E-state index contributed by atoms with van der Waals surface area (Å²) < 4.78 is 10.6. The van der Waals surface area contributed by atoms with E-state index in [1.54, 1.807) is 27.7 Å². The maximum Gasteiger partial charge on any atom is 0.328 e. The first-order valence-corrected chi connectivity index (χ1v) is 13.4. The van der Waals surface area contributed by atoms with Crippen LogP contribution in [0, 0.1) is 0 Å². The smallest absolute Gasteiger partial charge is 0.328 e. The summed E-state index contributed by atoms with van der Waals surface area (Å²) in [5, 5.41) is 0. The van der Waals surface area contributed by atoms with Gasteiger partial charge in [0.25, 0.3) is 0 Å². The Morgan fingerprint density at radius 2 is 1.03 bits per heavy atom. The first-order valence-electron chi connectivity index (χ1n) is 13.4. The van der Waals surface area contributed by atoms with E-state index in [0.29, 0.717) is 25.7 Å². The highest BCUT2D eigenvalue weighted by molar-refractivity contribution is 6.00. The molecule has 0 aromatic heterocycles. The molecule has 1 aliphatic rings. The van der Waals surface area contributed by atoms with Crippen LogP contribution in [0.2, 0.25) is 0 Å². The molecule has 0 N–H and O–H groups in total.